The Labute approximate surface area is 86.3 Å². The summed E-state index contributed by atoms with van der Waals surface area (Å²) in [6, 6.07) is 0. The van der Waals surface area contributed by atoms with E-state index in [2.05, 4.69) is 14.8 Å². The molecule has 7 nitrogen and oxygen atoms in total. The Morgan fingerprint density at radius 3 is 2.33 bits per heavy atom. The van der Waals surface area contributed by atoms with Crippen molar-refractivity contribution in [3.05, 3.63) is 0 Å². The van der Waals surface area contributed by atoms with Crippen LogP contribution in [0.2, 0.25) is 0 Å². The van der Waals surface area contributed by atoms with Crippen LogP contribution in [0.25, 0.3) is 0 Å². The summed E-state index contributed by atoms with van der Waals surface area (Å²) in [5.74, 6) is -1.89. The summed E-state index contributed by atoms with van der Waals surface area (Å²) in [6.45, 7) is 4.00. The molecule has 1 aliphatic rings. The van der Waals surface area contributed by atoms with Gasteiger partial charge in [0.15, 0.2) is 6.10 Å². The lowest BCUT2D eigenvalue weighted by atomic mass is 10.2. The molecule has 0 aliphatic carbocycles. The topological polar surface area (TPSA) is 102 Å². The summed E-state index contributed by atoms with van der Waals surface area (Å²) in [6.07, 6.45) is -4.51. The predicted molar refractivity (Wildman–Crippen MR) is 47.8 cm³/mol. The first kappa shape index (κ1) is 13.4. The second-order valence-corrected chi connectivity index (χ2v) is 2.27. The molecule has 1 saturated heterocycles. The lowest BCUT2D eigenvalue weighted by Gasteiger charge is -2.10. The van der Waals surface area contributed by atoms with Gasteiger partial charge in [-0.1, -0.05) is 13.8 Å². The zero-order valence-corrected chi connectivity index (χ0v) is 8.64. The monoisotopic (exact) mass is 219 g/mol. The van der Waals surface area contributed by atoms with Gasteiger partial charge in [-0.15, -0.1) is 0 Å². The van der Waals surface area contributed by atoms with Crippen LogP contribution in [-0.2, 0) is 19.1 Å². The van der Waals surface area contributed by atoms with Gasteiger partial charge in [0.2, 0.25) is 6.10 Å². The van der Waals surface area contributed by atoms with Crippen LogP contribution < -0.4 is 5.32 Å². The number of ether oxygens (including phenoxy) is 2. The Morgan fingerprint density at radius 1 is 1.47 bits per heavy atom. The van der Waals surface area contributed by atoms with Gasteiger partial charge in [0.25, 0.3) is 5.91 Å². The van der Waals surface area contributed by atoms with Crippen LogP contribution in [0.15, 0.2) is 0 Å². The Balaban J connectivity index is 0.000000921. The highest BCUT2D eigenvalue weighted by Gasteiger charge is 2.43. The van der Waals surface area contributed by atoms with Crippen LogP contribution in [0.3, 0.4) is 0 Å². The number of aliphatic hydroxyl groups is 1. The maximum atomic E-state index is 10.8. The minimum atomic E-state index is -1.73. The van der Waals surface area contributed by atoms with Crippen LogP contribution in [0, 0.1) is 0 Å². The maximum absolute atomic E-state index is 10.8. The fourth-order valence-electron chi connectivity index (χ4n) is 0.795. The molecule has 0 unspecified atom stereocenters. The number of aliphatic hydroxyl groups excluding tert-OH is 1. The number of carbonyl (C=O) groups is 3. The van der Waals surface area contributed by atoms with Gasteiger partial charge >= 0.3 is 12.1 Å². The molecule has 1 rings (SSSR count). The van der Waals surface area contributed by atoms with Gasteiger partial charge in [-0.2, -0.15) is 0 Å². The Morgan fingerprint density at radius 2 is 2.00 bits per heavy atom. The largest absolute Gasteiger partial charge is 0.517 e. The molecule has 0 radical (unpaired) electrons. The van der Waals surface area contributed by atoms with E-state index < -0.39 is 30.2 Å². The van der Waals surface area contributed by atoms with Crippen molar-refractivity contribution in [3.8, 4) is 0 Å². The molecular weight excluding hydrogens is 206 g/mol. The van der Waals surface area contributed by atoms with E-state index >= 15 is 0 Å². The van der Waals surface area contributed by atoms with E-state index in [0.29, 0.717) is 0 Å². The van der Waals surface area contributed by atoms with E-state index in [4.69, 9.17) is 5.11 Å². The smallest absolute Gasteiger partial charge is 0.415 e. The Hall–Kier alpha value is -1.63. The Kier molecular flexibility index (Phi) is 5.32. The summed E-state index contributed by atoms with van der Waals surface area (Å²) in [5.41, 5.74) is 0. The molecule has 0 aromatic heterocycles. The van der Waals surface area contributed by atoms with Crippen molar-refractivity contribution >= 4 is 18.0 Å². The number of likely N-dealkylation sites (N-methyl/N-ethyl adjacent to an activating group) is 1. The van der Waals surface area contributed by atoms with E-state index in [1.807, 2.05) is 13.8 Å². The maximum Gasteiger partial charge on any atom is 0.517 e. The average molecular weight is 219 g/mol. The SMILES string of the molecule is CC.CNC(=O)[C@H](O)[C@H]1OC(=O)OC1=O. The van der Waals surface area contributed by atoms with Gasteiger partial charge in [0, 0.05) is 7.05 Å². The first-order valence-corrected chi connectivity index (χ1v) is 4.38. The van der Waals surface area contributed by atoms with Gasteiger partial charge < -0.3 is 19.9 Å². The molecule has 7 heteroatoms. The number of cyclic esters (lactones) is 3. The zero-order chi connectivity index (χ0) is 12.0. The number of carbonyl (C=O) groups excluding carboxylic acids is 3. The van der Waals surface area contributed by atoms with Crippen molar-refractivity contribution in [2.75, 3.05) is 7.05 Å². The van der Waals surface area contributed by atoms with Gasteiger partial charge in [0.05, 0.1) is 0 Å². The fourth-order valence-corrected chi connectivity index (χ4v) is 0.795. The quantitative estimate of drug-likeness (QED) is 0.464. The summed E-state index contributed by atoms with van der Waals surface area (Å²) in [5, 5.41) is 11.2. The van der Waals surface area contributed by atoms with E-state index in [1.54, 1.807) is 0 Å². The lowest BCUT2D eigenvalue weighted by Crippen LogP contribution is -2.43. The number of hydrogen-bond acceptors (Lipinski definition) is 6. The Bertz CT molecular complexity index is 264. The minimum Gasteiger partial charge on any atom is -0.415 e. The molecule has 2 atom stereocenters. The van der Waals surface area contributed by atoms with Crippen molar-refractivity contribution in [2.24, 2.45) is 0 Å². The molecule has 1 aliphatic heterocycles. The molecule has 0 aromatic rings. The third-order valence-corrected chi connectivity index (χ3v) is 1.44. The van der Waals surface area contributed by atoms with Gasteiger partial charge in [-0.05, 0) is 0 Å². The molecule has 0 saturated carbocycles. The molecule has 1 amide bonds. The number of amides is 1. The molecule has 0 bridgehead atoms. The molecule has 1 fully saturated rings. The second kappa shape index (κ2) is 5.97. The highest BCUT2D eigenvalue weighted by molar-refractivity contribution is 5.96. The minimum absolute atomic E-state index is 0.823. The van der Waals surface area contributed by atoms with Crippen molar-refractivity contribution in [2.45, 2.75) is 26.1 Å². The van der Waals surface area contributed by atoms with Gasteiger partial charge in [0.1, 0.15) is 0 Å². The van der Waals surface area contributed by atoms with Crippen LogP contribution in [0.4, 0.5) is 4.79 Å². The van der Waals surface area contributed by atoms with Crippen LogP contribution in [0.5, 0.6) is 0 Å². The number of esters is 1. The molecule has 1 heterocycles. The lowest BCUT2D eigenvalue weighted by molar-refractivity contribution is -0.146. The van der Waals surface area contributed by atoms with Gasteiger partial charge in [-0.3, -0.25) is 4.79 Å². The van der Waals surface area contributed by atoms with Crippen molar-refractivity contribution < 1.29 is 29.0 Å². The molecule has 2 N–H and O–H groups in total. The number of rotatable bonds is 2. The average Bonchev–Trinajstić information content (AvgIpc) is 2.58. The third-order valence-electron chi connectivity index (χ3n) is 1.44. The standard InChI is InChI=1S/C6H7NO6.C2H6/c1-7-4(9)2(8)3-5(10)13-6(11)12-3;1-2/h2-3,8H,1H3,(H,7,9);1-2H3/t2-,3-;/m1./s1. The van der Waals surface area contributed by atoms with Gasteiger partial charge in [-0.25, -0.2) is 9.59 Å². The first-order valence-electron chi connectivity index (χ1n) is 4.38. The zero-order valence-electron chi connectivity index (χ0n) is 8.64. The number of hydrogen-bond donors (Lipinski definition) is 2. The summed E-state index contributed by atoms with van der Waals surface area (Å²) in [7, 11) is 1.27. The second-order valence-electron chi connectivity index (χ2n) is 2.27. The normalized spacial score (nSPS) is 20.7. The van der Waals surface area contributed by atoms with E-state index in [1.165, 1.54) is 7.05 Å². The number of nitrogens with one attached hydrogen (secondary N) is 1. The van der Waals surface area contributed by atoms with Crippen LogP contribution >= 0.6 is 0 Å². The summed E-state index contributed by atoms with van der Waals surface area (Å²) < 4.78 is 8.19. The van der Waals surface area contributed by atoms with Crippen LogP contribution in [-0.4, -0.2) is 42.4 Å². The van der Waals surface area contributed by atoms with Crippen molar-refractivity contribution in [1.29, 1.82) is 0 Å². The molecule has 0 spiro atoms. The molecule has 0 aromatic carbocycles. The highest BCUT2D eigenvalue weighted by Crippen LogP contribution is 2.11. The van der Waals surface area contributed by atoms with E-state index in [-0.39, 0.29) is 0 Å². The van der Waals surface area contributed by atoms with Crippen LogP contribution in [0.1, 0.15) is 13.8 Å². The fraction of sp³-hybridized carbons (Fsp3) is 0.625. The van der Waals surface area contributed by atoms with Crippen molar-refractivity contribution in [3.63, 3.8) is 0 Å². The predicted octanol–water partition coefficient (Wildman–Crippen LogP) is -0.819. The third kappa shape index (κ3) is 3.21. The first-order chi connectivity index (χ1) is 7.06. The van der Waals surface area contributed by atoms with E-state index in [9.17, 15) is 14.4 Å². The summed E-state index contributed by atoms with van der Waals surface area (Å²) >= 11 is 0. The molecule has 15 heavy (non-hydrogen) atoms. The molecular formula is C8H13NO6. The molecule has 86 valence electrons. The summed E-state index contributed by atoms with van der Waals surface area (Å²) in [4.78, 5) is 31.9. The van der Waals surface area contributed by atoms with E-state index in [0.717, 1.165) is 0 Å². The van der Waals surface area contributed by atoms with Crippen molar-refractivity contribution in [1.82, 2.24) is 5.32 Å². The highest BCUT2D eigenvalue weighted by atomic mass is 16.8.